The number of Topliss-reactive ketones (excluding diaryl/α,β-unsaturated/α-hetero) is 1. The van der Waals surface area contributed by atoms with Crippen molar-refractivity contribution in [2.24, 2.45) is 0 Å². The van der Waals surface area contributed by atoms with Crippen LogP contribution in [-0.2, 0) is 11.2 Å². The normalized spacial score (nSPS) is 22.2. The monoisotopic (exact) mass is 264 g/mol. The third-order valence-electron chi connectivity index (χ3n) is 3.76. The maximum atomic E-state index is 13.6. The standard InChI is InChI=1S/C15H21FN2O/c1-17-8-5-9-18(2)14(11-17)15(19)10-12-6-3-4-7-13(12)16/h3-4,6-7,14H,5,8-11H2,1-2H3. The first-order valence-corrected chi connectivity index (χ1v) is 6.73. The second kappa shape index (κ2) is 6.26. The van der Waals surface area contributed by atoms with Gasteiger partial charge in [-0.25, -0.2) is 4.39 Å². The molecule has 1 atom stereocenters. The van der Waals surface area contributed by atoms with E-state index in [1.54, 1.807) is 18.2 Å². The Labute approximate surface area is 114 Å². The second-order valence-corrected chi connectivity index (χ2v) is 5.35. The van der Waals surface area contributed by atoms with Crippen LogP contribution in [0.3, 0.4) is 0 Å². The molecule has 2 rings (SSSR count). The van der Waals surface area contributed by atoms with E-state index in [9.17, 15) is 9.18 Å². The fraction of sp³-hybridized carbons (Fsp3) is 0.533. The van der Waals surface area contributed by atoms with Crippen LogP contribution in [0.25, 0.3) is 0 Å². The van der Waals surface area contributed by atoms with Crippen molar-refractivity contribution in [3.8, 4) is 0 Å². The summed E-state index contributed by atoms with van der Waals surface area (Å²) in [6.45, 7) is 2.65. The molecule has 0 spiro atoms. The van der Waals surface area contributed by atoms with E-state index < -0.39 is 0 Å². The van der Waals surface area contributed by atoms with E-state index in [4.69, 9.17) is 0 Å². The minimum absolute atomic E-state index is 0.0985. The van der Waals surface area contributed by atoms with Crippen LogP contribution in [0.4, 0.5) is 4.39 Å². The second-order valence-electron chi connectivity index (χ2n) is 5.35. The summed E-state index contributed by atoms with van der Waals surface area (Å²) in [7, 11) is 4.01. The molecule has 1 aliphatic rings. The molecular weight excluding hydrogens is 243 g/mol. The molecule has 1 saturated heterocycles. The summed E-state index contributed by atoms with van der Waals surface area (Å²) in [6.07, 6.45) is 1.24. The maximum absolute atomic E-state index is 13.6. The zero-order valence-corrected chi connectivity index (χ0v) is 11.6. The lowest BCUT2D eigenvalue weighted by Gasteiger charge is -2.26. The quantitative estimate of drug-likeness (QED) is 0.828. The zero-order chi connectivity index (χ0) is 13.8. The van der Waals surface area contributed by atoms with E-state index in [-0.39, 0.29) is 24.1 Å². The van der Waals surface area contributed by atoms with Crippen molar-refractivity contribution in [1.82, 2.24) is 9.80 Å². The predicted molar refractivity (Wildman–Crippen MR) is 73.6 cm³/mol. The van der Waals surface area contributed by atoms with Crippen molar-refractivity contribution in [1.29, 1.82) is 0 Å². The Morgan fingerprint density at radius 1 is 1.32 bits per heavy atom. The molecule has 0 N–H and O–H groups in total. The van der Waals surface area contributed by atoms with E-state index >= 15 is 0 Å². The average Bonchev–Trinajstić information content (AvgIpc) is 2.54. The highest BCUT2D eigenvalue weighted by Crippen LogP contribution is 2.13. The number of carbonyl (C=O) groups excluding carboxylic acids is 1. The minimum Gasteiger partial charge on any atom is -0.304 e. The molecule has 1 aliphatic heterocycles. The summed E-state index contributed by atoms with van der Waals surface area (Å²) < 4.78 is 13.6. The number of halogens is 1. The molecule has 1 fully saturated rings. The predicted octanol–water partition coefficient (Wildman–Crippen LogP) is 1.57. The highest BCUT2D eigenvalue weighted by atomic mass is 19.1. The van der Waals surface area contributed by atoms with Crippen LogP contribution >= 0.6 is 0 Å². The Bertz CT molecular complexity index is 450. The lowest BCUT2D eigenvalue weighted by Crippen LogP contribution is -2.44. The first-order valence-electron chi connectivity index (χ1n) is 6.73. The van der Waals surface area contributed by atoms with Crippen LogP contribution in [0.5, 0.6) is 0 Å². The van der Waals surface area contributed by atoms with Gasteiger partial charge in [0, 0.05) is 13.0 Å². The van der Waals surface area contributed by atoms with Gasteiger partial charge in [-0.05, 0) is 45.2 Å². The highest BCUT2D eigenvalue weighted by molar-refractivity contribution is 5.86. The molecule has 0 saturated carbocycles. The number of rotatable bonds is 3. The highest BCUT2D eigenvalue weighted by Gasteiger charge is 2.27. The van der Waals surface area contributed by atoms with Crippen molar-refractivity contribution < 1.29 is 9.18 Å². The van der Waals surface area contributed by atoms with Crippen molar-refractivity contribution in [2.45, 2.75) is 18.9 Å². The van der Waals surface area contributed by atoms with Gasteiger partial charge in [-0.2, -0.15) is 0 Å². The summed E-state index contributed by atoms with van der Waals surface area (Å²) in [6, 6.07) is 6.38. The molecule has 104 valence electrons. The van der Waals surface area contributed by atoms with E-state index in [2.05, 4.69) is 9.80 Å². The Morgan fingerprint density at radius 3 is 2.79 bits per heavy atom. The van der Waals surface area contributed by atoms with Crippen molar-refractivity contribution in [3.63, 3.8) is 0 Å². The van der Waals surface area contributed by atoms with Gasteiger partial charge in [0.2, 0.25) is 0 Å². The third-order valence-corrected chi connectivity index (χ3v) is 3.76. The minimum atomic E-state index is -0.291. The van der Waals surface area contributed by atoms with Crippen LogP contribution < -0.4 is 0 Å². The van der Waals surface area contributed by atoms with E-state index in [1.165, 1.54) is 6.07 Å². The summed E-state index contributed by atoms with van der Waals surface area (Å²) >= 11 is 0. The van der Waals surface area contributed by atoms with Crippen LogP contribution in [-0.4, -0.2) is 55.4 Å². The summed E-state index contributed by atoms with van der Waals surface area (Å²) in [5.74, 6) is -0.193. The Balaban J connectivity index is 2.08. The molecule has 0 aromatic heterocycles. The molecule has 1 unspecified atom stereocenters. The van der Waals surface area contributed by atoms with Crippen LogP contribution in [0.15, 0.2) is 24.3 Å². The molecule has 1 aromatic rings. The number of hydrogen-bond acceptors (Lipinski definition) is 3. The third kappa shape index (κ3) is 3.61. The Kier molecular flexibility index (Phi) is 4.66. The van der Waals surface area contributed by atoms with E-state index in [1.807, 2.05) is 14.1 Å². The first kappa shape index (κ1) is 14.2. The van der Waals surface area contributed by atoms with Crippen LogP contribution in [0.2, 0.25) is 0 Å². The van der Waals surface area contributed by atoms with Gasteiger partial charge in [-0.3, -0.25) is 9.69 Å². The Hall–Kier alpha value is -1.26. The fourth-order valence-corrected chi connectivity index (χ4v) is 2.57. The number of ketones is 1. The van der Waals surface area contributed by atoms with Crippen LogP contribution in [0.1, 0.15) is 12.0 Å². The molecule has 0 bridgehead atoms. The lowest BCUT2D eigenvalue weighted by molar-refractivity contribution is -0.123. The van der Waals surface area contributed by atoms with E-state index in [0.29, 0.717) is 5.56 Å². The number of carbonyl (C=O) groups is 1. The molecule has 1 heterocycles. The molecule has 19 heavy (non-hydrogen) atoms. The largest absolute Gasteiger partial charge is 0.304 e. The van der Waals surface area contributed by atoms with Gasteiger partial charge in [-0.1, -0.05) is 18.2 Å². The van der Waals surface area contributed by atoms with E-state index in [0.717, 1.165) is 26.1 Å². The fourth-order valence-electron chi connectivity index (χ4n) is 2.57. The SMILES string of the molecule is CN1CCCN(C)C(C(=O)Cc2ccccc2F)C1. The van der Waals surface area contributed by atoms with Crippen LogP contribution in [0, 0.1) is 5.82 Å². The molecular formula is C15H21FN2O. The number of nitrogens with zero attached hydrogens (tertiary/aromatic N) is 2. The van der Waals surface area contributed by atoms with Crippen molar-refractivity contribution in [3.05, 3.63) is 35.6 Å². The molecule has 0 amide bonds. The Morgan fingerprint density at radius 2 is 2.05 bits per heavy atom. The maximum Gasteiger partial charge on any atom is 0.155 e. The van der Waals surface area contributed by atoms with Gasteiger partial charge in [0.1, 0.15) is 5.82 Å². The molecule has 0 aliphatic carbocycles. The summed E-state index contributed by atoms with van der Waals surface area (Å²) in [5, 5.41) is 0. The van der Waals surface area contributed by atoms with Gasteiger partial charge < -0.3 is 4.90 Å². The topological polar surface area (TPSA) is 23.6 Å². The number of benzene rings is 1. The number of likely N-dealkylation sites (N-methyl/N-ethyl adjacent to an activating group) is 2. The lowest BCUT2D eigenvalue weighted by atomic mass is 10.0. The summed E-state index contributed by atoms with van der Waals surface area (Å²) in [4.78, 5) is 16.7. The molecule has 0 radical (unpaired) electrons. The summed E-state index contributed by atoms with van der Waals surface area (Å²) in [5.41, 5.74) is 0.493. The first-order chi connectivity index (χ1) is 9.08. The zero-order valence-electron chi connectivity index (χ0n) is 11.6. The van der Waals surface area contributed by atoms with Gasteiger partial charge in [-0.15, -0.1) is 0 Å². The van der Waals surface area contributed by atoms with Crippen molar-refractivity contribution in [2.75, 3.05) is 33.7 Å². The molecule has 4 heteroatoms. The van der Waals surface area contributed by atoms with Gasteiger partial charge in [0.15, 0.2) is 5.78 Å². The smallest absolute Gasteiger partial charge is 0.155 e. The van der Waals surface area contributed by atoms with Gasteiger partial charge >= 0.3 is 0 Å². The number of hydrogen-bond donors (Lipinski definition) is 0. The average molecular weight is 264 g/mol. The molecule has 3 nitrogen and oxygen atoms in total. The molecule has 1 aromatic carbocycles. The van der Waals surface area contributed by atoms with Crippen molar-refractivity contribution >= 4 is 5.78 Å². The van der Waals surface area contributed by atoms with Gasteiger partial charge in [0.25, 0.3) is 0 Å². The van der Waals surface area contributed by atoms with Gasteiger partial charge in [0.05, 0.1) is 6.04 Å².